The van der Waals surface area contributed by atoms with Crippen molar-refractivity contribution in [2.75, 3.05) is 12.8 Å². The van der Waals surface area contributed by atoms with Crippen LogP contribution in [0.5, 0.6) is 5.75 Å². The van der Waals surface area contributed by atoms with Gasteiger partial charge in [-0.3, -0.25) is 0 Å². The van der Waals surface area contributed by atoms with Crippen LogP contribution in [-0.2, 0) is 0 Å². The van der Waals surface area contributed by atoms with Crippen LogP contribution < -0.4 is 10.5 Å². The molecule has 21 heavy (non-hydrogen) atoms. The van der Waals surface area contributed by atoms with Crippen molar-refractivity contribution in [3.05, 3.63) is 24.0 Å². The zero-order valence-electron chi connectivity index (χ0n) is 12.1. The second kappa shape index (κ2) is 4.76. The highest BCUT2D eigenvalue weighted by molar-refractivity contribution is 5.72. The summed E-state index contributed by atoms with van der Waals surface area (Å²) in [6.45, 7) is 0. The summed E-state index contributed by atoms with van der Waals surface area (Å²) < 4.78 is 10.7. The van der Waals surface area contributed by atoms with Crippen molar-refractivity contribution in [2.45, 2.75) is 31.6 Å². The van der Waals surface area contributed by atoms with E-state index in [9.17, 15) is 0 Å². The van der Waals surface area contributed by atoms with Gasteiger partial charge in [-0.2, -0.15) is 4.98 Å². The minimum absolute atomic E-state index is 0.466. The van der Waals surface area contributed by atoms with Gasteiger partial charge in [0.2, 0.25) is 0 Å². The first-order valence-corrected chi connectivity index (χ1v) is 7.52. The SMILES string of the molecule is COc1ccc(N)c(-c2nc(C3CC4CCC3C4)no2)c1. The van der Waals surface area contributed by atoms with Crippen LogP contribution in [0.15, 0.2) is 22.7 Å². The maximum absolute atomic E-state index is 6.02. The second-order valence-corrected chi connectivity index (χ2v) is 6.19. The highest BCUT2D eigenvalue weighted by Crippen LogP contribution is 2.52. The normalized spacial score (nSPS) is 27.2. The molecule has 5 heteroatoms. The number of hydrogen-bond acceptors (Lipinski definition) is 5. The Morgan fingerprint density at radius 3 is 2.90 bits per heavy atom. The number of hydrogen-bond donors (Lipinski definition) is 1. The maximum atomic E-state index is 6.02. The molecule has 1 aromatic heterocycles. The lowest BCUT2D eigenvalue weighted by molar-refractivity contribution is 0.372. The minimum Gasteiger partial charge on any atom is -0.497 e. The van der Waals surface area contributed by atoms with E-state index in [1.165, 1.54) is 25.7 Å². The molecule has 5 nitrogen and oxygen atoms in total. The molecule has 2 saturated carbocycles. The molecule has 0 saturated heterocycles. The first-order chi connectivity index (χ1) is 10.2. The van der Waals surface area contributed by atoms with Crippen LogP contribution in [0, 0.1) is 11.8 Å². The number of nitrogens with two attached hydrogens (primary N) is 1. The third-order valence-corrected chi connectivity index (χ3v) is 5.00. The van der Waals surface area contributed by atoms with E-state index in [4.69, 9.17) is 15.0 Å². The number of rotatable bonds is 3. The molecule has 4 rings (SSSR count). The molecule has 2 fully saturated rings. The van der Waals surface area contributed by atoms with Crippen molar-refractivity contribution in [2.24, 2.45) is 11.8 Å². The van der Waals surface area contributed by atoms with E-state index in [0.29, 0.717) is 17.5 Å². The molecule has 2 N–H and O–H groups in total. The van der Waals surface area contributed by atoms with Crippen LogP contribution in [0.2, 0.25) is 0 Å². The lowest BCUT2D eigenvalue weighted by Crippen LogP contribution is -2.09. The molecule has 2 bridgehead atoms. The molecule has 1 heterocycles. The molecule has 0 radical (unpaired) electrons. The smallest absolute Gasteiger partial charge is 0.260 e. The molecule has 2 aromatic rings. The molecule has 3 atom stereocenters. The maximum Gasteiger partial charge on any atom is 0.260 e. The summed E-state index contributed by atoms with van der Waals surface area (Å²) in [6, 6.07) is 5.47. The fourth-order valence-corrected chi connectivity index (χ4v) is 3.90. The molecule has 3 unspecified atom stereocenters. The van der Waals surface area contributed by atoms with Gasteiger partial charge in [-0.05, 0) is 49.3 Å². The van der Waals surface area contributed by atoms with E-state index in [1.54, 1.807) is 13.2 Å². The number of nitrogen functional groups attached to an aromatic ring is 1. The minimum atomic E-state index is 0.466. The van der Waals surface area contributed by atoms with Crippen LogP contribution in [0.25, 0.3) is 11.5 Å². The van der Waals surface area contributed by atoms with E-state index in [2.05, 4.69) is 10.1 Å². The van der Waals surface area contributed by atoms with Crippen molar-refractivity contribution < 1.29 is 9.26 Å². The molecule has 0 aliphatic heterocycles. The molecular weight excluding hydrogens is 266 g/mol. The highest BCUT2D eigenvalue weighted by atomic mass is 16.5. The highest BCUT2D eigenvalue weighted by Gasteiger charge is 2.42. The summed E-state index contributed by atoms with van der Waals surface area (Å²) >= 11 is 0. The van der Waals surface area contributed by atoms with Gasteiger partial charge >= 0.3 is 0 Å². The van der Waals surface area contributed by atoms with Gasteiger partial charge in [0, 0.05) is 11.6 Å². The number of aromatic nitrogens is 2. The average Bonchev–Trinajstić information content (AvgIpc) is 3.23. The van der Waals surface area contributed by atoms with E-state index < -0.39 is 0 Å². The van der Waals surface area contributed by atoms with Crippen molar-refractivity contribution in [1.82, 2.24) is 10.1 Å². The van der Waals surface area contributed by atoms with Gasteiger partial charge in [0.15, 0.2) is 5.82 Å². The number of methoxy groups -OCH3 is 1. The third kappa shape index (κ3) is 2.07. The van der Waals surface area contributed by atoms with Gasteiger partial charge in [0.25, 0.3) is 5.89 Å². The topological polar surface area (TPSA) is 74.2 Å². The number of anilines is 1. The Balaban J connectivity index is 1.65. The molecule has 0 amide bonds. The van der Waals surface area contributed by atoms with Crippen LogP contribution in [-0.4, -0.2) is 17.3 Å². The molecule has 110 valence electrons. The van der Waals surface area contributed by atoms with Gasteiger partial charge in [-0.25, -0.2) is 0 Å². The first kappa shape index (κ1) is 12.7. The average molecular weight is 285 g/mol. The molecule has 1 aromatic carbocycles. The predicted octanol–water partition coefficient (Wildman–Crippen LogP) is 3.23. The quantitative estimate of drug-likeness (QED) is 0.876. The summed E-state index contributed by atoms with van der Waals surface area (Å²) in [5, 5.41) is 4.21. The lowest BCUT2D eigenvalue weighted by Gasteiger charge is -2.17. The van der Waals surface area contributed by atoms with E-state index in [1.807, 2.05) is 12.1 Å². The summed E-state index contributed by atoms with van der Waals surface area (Å²) in [6.07, 6.45) is 5.21. The van der Waals surface area contributed by atoms with Crippen molar-refractivity contribution in [1.29, 1.82) is 0 Å². The molecule has 2 aliphatic rings. The van der Waals surface area contributed by atoms with Crippen molar-refractivity contribution >= 4 is 5.69 Å². The van der Waals surface area contributed by atoms with Gasteiger partial charge < -0.3 is 15.0 Å². The van der Waals surface area contributed by atoms with Crippen molar-refractivity contribution in [3.8, 4) is 17.2 Å². The second-order valence-electron chi connectivity index (χ2n) is 6.19. The fourth-order valence-electron chi connectivity index (χ4n) is 3.90. The van der Waals surface area contributed by atoms with E-state index >= 15 is 0 Å². The summed E-state index contributed by atoms with van der Waals surface area (Å²) in [7, 11) is 1.63. The Hall–Kier alpha value is -2.04. The number of ether oxygens (including phenoxy) is 1. The lowest BCUT2D eigenvalue weighted by atomic mass is 9.88. The predicted molar refractivity (Wildman–Crippen MR) is 78.9 cm³/mol. The van der Waals surface area contributed by atoms with E-state index in [0.717, 1.165) is 29.0 Å². The standard InChI is InChI=1S/C16H19N3O2/c1-20-11-4-5-14(17)13(8-11)16-18-15(19-21-16)12-7-9-2-3-10(12)6-9/h4-5,8-10,12H,2-3,6-7,17H2,1H3. The number of benzene rings is 1. The molecular formula is C16H19N3O2. The zero-order valence-corrected chi connectivity index (χ0v) is 12.1. The van der Waals surface area contributed by atoms with Gasteiger partial charge in [-0.15, -0.1) is 0 Å². The number of nitrogens with zero attached hydrogens (tertiary/aromatic N) is 2. The summed E-state index contributed by atoms with van der Waals surface area (Å²) in [5.41, 5.74) is 7.39. The van der Waals surface area contributed by atoms with Crippen LogP contribution in [0.4, 0.5) is 5.69 Å². The van der Waals surface area contributed by atoms with Gasteiger partial charge in [0.05, 0.1) is 12.7 Å². The van der Waals surface area contributed by atoms with E-state index in [-0.39, 0.29) is 0 Å². The zero-order chi connectivity index (χ0) is 14.4. The Kier molecular flexibility index (Phi) is 2.87. The molecule has 0 spiro atoms. The monoisotopic (exact) mass is 285 g/mol. The van der Waals surface area contributed by atoms with Crippen molar-refractivity contribution in [3.63, 3.8) is 0 Å². The Bertz CT molecular complexity index is 667. The van der Waals surface area contributed by atoms with Gasteiger partial charge in [-0.1, -0.05) is 11.6 Å². The van der Waals surface area contributed by atoms with Crippen LogP contribution in [0.1, 0.15) is 37.4 Å². The summed E-state index contributed by atoms with van der Waals surface area (Å²) in [5.74, 6) is 4.14. The Morgan fingerprint density at radius 1 is 1.29 bits per heavy atom. The third-order valence-electron chi connectivity index (χ3n) is 5.00. The molecule has 2 aliphatic carbocycles. The Morgan fingerprint density at radius 2 is 2.19 bits per heavy atom. The Labute approximate surface area is 123 Å². The first-order valence-electron chi connectivity index (χ1n) is 7.52. The van der Waals surface area contributed by atoms with Crippen LogP contribution >= 0.6 is 0 Å². The largest absolute Gasteiger partial charge is 0.497 e. The van der Waals surface area contributed by atoms with Gasteiger partial charge in [0.1, 0.15) is 5.75 Å². The summed E-state index contributed by atoms with van der Waals surface area (Å²) in [4.78, 5) is 4.60. The fraction of sp³-hybridized carbons (Fsp3) is 0.500. The number of fused-ring (bicyclic) bond motifs is 2. The van der Waals surface area contributed by atoms with Crippen LogP contribution in [0.3, 0.4) is 0 Å².